The lowest BCUT2D eigenvalue weighted by atomic mass is 10.2. The molecule has 0 fully saturated rings. The summed E-state index contributed by atoms with van der Waals surface area (Å²) in [4.78, 5) is 33.7. The molecule has 0 bridgehead atoms. The molecule has 0 aliphatic rings. The van der Waals surface area contributed by atoms with Crippen molar-refractivity contribution in [1.29, 1.82) is 0 Å². The summed E-state index contributed by atoms with van der Waals surface area (Å²) in [7, 11) is 0. The largest absolute Gasteiger partial charge is 0.347 e. The van der Waals surface area contributed by atoms with Crippen molar-refractivity contribution in [2.75, 3.05) is 12.3 Å². The fraction of sp³-hybridized carbons (Fsp3) is 0.727. The van der Waals surface area contributed by atoms with Gasteiger partial charge in [0.15, 0.2) is 0 Å². The summed E-state index contributed by atoms with van der Waals surface area (Å²) in [6.45, 7) is 3.35. The number of carbonyl (C=O) groups excluding carboxylic acids is 3. The average molecular weight is 260 g/mol. The van der Waals surface area contributed by atoms with E-state index in [1.54, 1.807) is 0 Å². The Morgan fingerprint density at radius 3 is 2.41 bits per heavy atom. The molecule has 0 aliphatic carbocycles. The highest BCUT2D eigenvalue weighted by atomic mass is 32.1. The molecule has 0 radical (unpaired) electrons. The quantitative estimate of drug-likeness (QED) is 0.549. The van der Waals surface area contributed by atoms with Crippen LogP contribution in [0.1, 0.15) is 33.1 Å². The number of ketones is 1. The van der Waals surface area contributed by atoms with Crippen LogP contribution in [-0.2, 0) is 14.4 Å². The van der Waals surface area contributed by atoms with Crippen molar-refractivity contribution in [2.45, 2.75) is 39.2 Å². The molecule has 2 amide bonds. The highest BCUT2D eigenvalue weighted by molar-refractivity contribution is 7.80. The highest BCUT2D eigenvalue weighted by Crippen LogP contribution is 1.96. The minimum absolute atomic E-state index is 0.0199. The minimum Gasteiger partial charge on any atom is -0.347 e. The minimum atomic E-state index is -0.679. The number of nitrogens with one attached hydrogen (secondary N) is 2. The average Bonchev–Trinajstić information content (AvgIpc) is 2.30. The highest BCUT2D eigenvalue weighted by Gasteiger charge is 2.18. The van der Waals surface area contributed by atoms with E-state index in [0.29, 0.717) is 6.42 Å². The maximum atomic E-state index is 11.6. The van der Waals surface area contributed by atoms with Crippen molar-refractivity contribution < 1.29 is 14.4 Å². The predicted molar refractivity (Wildman–Crippen MR) is 69.0 cm³/mol. The van der Waals surface area contributed by atoms with Crippen molar-refractivity contribution >= 4 is 30.2 Å². The molecule has 0 saturated carbocycles. The van der Waals surface area contributed by atoms with Crippen LogP contribution < -0.4 is 10.6 Å². The van der Waals surface area contributed by atoms with Gasteiger partial charge in [-0.05, 0) is 13.3 Å². The van der Waals surface area contributed by atoms with Gasteiger partial charge in [0.25, 0.3) is 0 Å². The zero-order valence-corrected chi connectivity index (χ0v) is 11.2. The zero-order valence-electron chi connectivity index (χ0n) is 10.3. The summed E-state index contributed by atoms with van der Waals surface area (Å²) < 4.78 is 0. The van der Waals surface area contributed by atoms with Crippen molar-refractivity contribution in [1.82, 2.24) is 10.6 Å². The molecule has 0 heterocycles. The summed E-state index contributed by atoms with van der Waals surface area (Å²) in [5.41, 5.74) is 0. The van der Waals surface area contributed by atoms with Gasteiger partial charge in [0.05, 0.1) is 6.54 Å². The number of thiol groups is 1. The van der Waals surface area contributed by atoms with Crippen LogP contribution in [0.2, 0.25) is 0 Å². The first kappa shape index (κ1) is 16.0. The van der Waals surface area contributed by atoms with E-state index >= 15 is 0 Å². The Bertz CT molecular complexity index is 282. The van der Waals surface area contributed by atoms with Crippen molar-refractivity contribution in [3.63, 3.8) is 0 Å². The summed E-state index contributed by atoms with van der Waals surface area (Å²) in [6, 6.07) is -0.679. The van der Waals surface area contributed by atoms with Gasteiger partial charge >= 0.3 is 0 Å². The molecule has 0 aromatic rings. The molecule has 0 saturated heterocycles. The van der Waals surface area contributed by atoms with Gasteiger partial charge in [0.2, 0.25) is 11.8 Å². The fourth-order valence-corrected chi connectivity index (χ4v) is 1.39. The zero-order chi connectivity index (χ0) is 13.3. The van der Waals surface area contributed by atoms with E-state index < -0.39 is 6.04 Å². The molecule has 1 unspecified atom stereocenters. The molecule has 2 N–H and O–H groups in total. The Morgan fingerprint density at radius 1 is 1.29 bits per heavy atom. The topological polar surface area (TPSA) is 75.3 Å². The van der Waals surface area contributed by atoms with Crippen LogP contribution in [0.5, 0.6) is 0 Å². The van der Waals surface area contributed by atoms with Crippen LogP contribution in [-0.4, -0.2) is 35.9 Å². The van der Waals surface area contributed by atoms with Crippen LogP contribution in [0.15, 0.2) is 0 Å². The predicted octanol–water partition coefficient (Wildman–Crippen LogP) is 0.296. The van der Waals surface area contributed by atoms with E-state index in [1.807, 2.05) is 6.92 Å². The molecule has 5 nitrogen and oxygen atoms in total. The molecule has 1 atom stereocenters. The summed E-state index contributed by atoms with van der Waals surface area (Å²) in [6.07, 6.45) is 2.12. The number of amides is 2. The van der Waals surface area contributed by atoms with Gasteiger partial charge in [-0.3, -0.25) is 14.4 Å². The van der Waals surface area contributed by atoms with Gasteiger partial charge in [-0.25, -0.2) is 0 Å². The maximum Gasteiger partial charge on any atom is 0.243 e. The van der Waals surface area contributed by atoms with Gasteiger partial charge in [0, 0.05) is 12.2 Å². The van der Waals surface area contributed by atoms with Crippen LogP contribution in [0.3, 0.4) is 0 Å². The number of unbranched alkanes of at least 4 members (excludes halogenated alkanes) is 1. The molecule has 98 valence electrons. The first-order valence-corrected chi connectivity index (χ1v) is 6.31. The first-order chi connectivity index (χ1) is 8.01. The monoisotopic (exact) mass is 260 g/mol. The third kappa shape index (κ3) is 7.79. The second-order valence-electron chi connectivity index (χ2n) is 3.83. The maximum absolute atomic E-state index is 11.6. The Kier molecular flexibility index (Phi) is 8.49. The molecule has 0 rings (SSSR count). The van der Waals surface area contributed by atoms with Gasteiger partial charge in [-0.1, -0.05) is 13.3 Å². The summed E-state index contributed by atoms with van der Waals surface area (Å²) in [5.74, 6) is -0.459. The number of Topliss-reactive ketones (excluding diaryl/α,β-unsaturated/α-hetero) is 1. The summed E-state index contributed by atoms with van der Waals surface area (Å²) in [5, 5.41) is 5.03. The van der Waals surface area contributed by atoms with E-state index in [1.165, 1.54) is 6.92 Å². The van der Waals surface area contributed by atoms with E-state index in [9.17, 15) is 14.4 Å². The standard InChI is InChI=1S/C11H20N2O3S/c1-3-4-5-10(15)13-9(7-17)11(16)12-6-8(2)14/h9,17H,3-7H2,1-2H3,(H,12,16)(H,13,15). The van der Waals surface area contributed by atoms with Crippen LogP contribution in [0.4, 0.5) is 0 Å². The molecular weight excluding hydrogens is 240 g/mol. The first-order valence-electron chi connectivity index (χ1n) is 5.68. The normalized spacial score (nSPS) is 11.7. The van der Waals surface area contributed by atoms with Gasteiger partial charge in [-0.15, -0.1) is 0 Å². The third-order valence-corrected chi connectivity index (χ3v) is 2.47. The smallest absolute Gasteiger partial charge is 0.243 e. The van der Waals surface area contributed by atoms with E-state index in [-0.39, 0.29) is 29.9 Å². The molecule has 0 aromatic carbocycles. The van der Waals surface area contributed by atoms with Crippen LogP contribution >= 0.6 is 12.6 Å². The van der Waals surface area contributed by atoms with Gasteiger partial charge in [-0.2, -0.15) is 12.6 Å². The van der Waals surface area contributed by atoms with E-state index in [2.05, 4.69) is 23.3 Å². The molecule has 0 aromatic heterocycles. The number of rotatable bonds is 8. The number of hydrogen-bond donors (Lipinski definition) is 3. The van der Waals surface area contributed by atoms with Gasteiger partial charge < -0.3 is 10.6 Å². The fourth-order valence-electron chi connectivity index (χ4n) is 1.13. The van der Waals surface area contributed by atoms with E-state index in [4.69, 9.17) is 0 Å². The van der Waals surface area contributed by atoms with Crippen LogP contribution in [0.25, 0.3) is 0 Å². The Balaban J connectivity index is 4.08. The molecule has 0 aliphatic heterocycles. The lowest BCUT2D eigenvalue weighted by Crippen LogP contribution is -2.48. The SMILES string of the molecule is CCCCC(=O)NC(CS)C(=O)NCC(C)=O. The third-order valence-electron chi connectivity index (χ3n) is 2.10. The Labute approximate surface area is 107 Å². The van der Waals surface area contributed by atoms with Gasteiger partial charge in [0.1, 0.15) is 11.8 Å². The number of carbonyl (C=O) groups is 3. The van der Waals surface area contributed by atoms with Crippen LogP contribution in [0, 0.1) is 0 Å². The second kappa shape index (κ2) is 9.04. The van der Waals surface area contributed by atoms with Crippen molar-refractivity contribution in [3.8, 4) is 0 Å². The lowest BCUT2D eigenvalue weighted by molar-refractivity contribution is -0.129. The molecular formula is C11H20N2O3S. The van der Waals surface area contributed by atoms with E-state index in [0.717, 1.165) is 12.8 Å². The van der Waals surface area contributed by atoms with Crippen molar-refractivity contribution in [3.05, 3.63) is 0 Å². The molecule has 17 heavy (non-hydrogen) atoms. The second-order valence-corrected chi connectivity index (χ2v) is 4.19. The molecule has 6 heteroatoms. The van der Waals surface area contributed by atoms with Crippen molar-refractivity contribution in [2.24, 2.45) is 0 Å². The number of hydrogen-bond acceptors (Lipinski definition) is 4. The summed E-state index contributed by atoms with van der Waals surface area (Å²) >= 11 is 4.00. The molecule has 0 spiro atoms. The Hall–Kier alpha value is -1.04. The lowest BCUT2D eigenvalue weighted by Gasteiger charge is -2.15. The Morgan fingerprint density at radius 2 is 1.94 bits per heavy atom.